The molecule has 4 nitrogen and oxygen atoms in total. The van der Waals surface area contributed by atoms with Crippen molar-refractivity contribution < 1.29 is 8.42 Å². The van der Waals surface area contributed by atoms with E-state index >= 15 is 0 Å². The molecule has 0 aromatic heterocycles. The number of fused-ring (bicyclic) bond motifs is 1. The second-order valence-electron chi connectivity index (χ2n) is 5.45. The van der Waals surface area contributed by atoms with E-state index in [0.717, 1.165) is 6.42 Å². The summed E-state index contributed by atoms with van der Waals surface area (Å²) in [6, 6.07) is 13.3. The highest BCUT2D eigenvalue weighted by Crippen LogP contribution is 2.34. The van der Waals surface area contributed by atoms with Crippen molar-refractivity contribution in [3.63, 3.8) is 0 Å². The Morgan fingerprint density at radius 3 is 2.67 bits per heavy atom. The van der Waals surface area contributed by atoms with Crippen LogP contribution in [0.5, 0.6) is 0 Å². The number of rotatable bonds is 4. The first-order valence-electron chi connectivity index (χ1n) is 6.91. The first kappa shape index (κ1) is 14.1. The highest BCUT2D eigenvalue weighted by Gasteiger charge is 2.28. The third-order valence-electron chi connectivity index (χ3n) is 3.99. The number of benzene rings is 2. The summed E-state index contributed by atoms with van der Waals surface area (Å²) in [5, 5.41) is 0. The van der Waals surface area contributed by atoms with Crippen molar-refractivity contribution >= 4 is 15.7 Å². The molecule has 21 heavy (non-hydrogen) atoms. The number of nitrogens with two attached hydrogens (primary N) is 1. The number of nitrogens with one attached hydrogen (secondary N) is 1. The quantitative estimate of drug-likeness (QED) is 0.850. The maximum Gasteiger partial charge on any atom is 0.242 e. The SMILES string of the molecule is Cc1cccc(N)c1S(=O)(=O)NCC1Cc2ccccc21. The molecule has 1 aliphatic carbocycles. The van der Waals surface area contributed by atoms with Crippen molar-refractivity contribution in [3.8, 4) is 0 Å². The van der Waals surface area contributed by atoms with Crippen molar-refractivity contribution in [2.75, 3.05) is 12.3 Å². The number of sulfonamides is 1. The molecule has 2 aromatic rings. The Morgan fingerprint density at radius 2 is 1.95 bits per heavy atom. The van der Waals surface area contributed by atoms with Crippen LogP contribution in [-0.2, 0) is 16.4 Å². The number of anilines is 1. The molecule has 0 heterocycles. The van der Waals surface area contributed by atoms with E-state index in [1.54, 1.807) is 25.1 Å². The van der Waals surface area contributed by atoms with Crippen LogP contribution in [0.2, 0.25) is 0 Å². The average molecular weight is 302 g/mol. The lowest BCUT2D eigenvalue weighted by Crippen LogP contribution is -2.33. The van der Waals surface area contributed by atoms with Gasteiger partial charge in [-0.15, -0.1) is 0 Å². The van der Waals surface area contributed by atoms with Crippen molar-refractivity contribution in [2.24, 2.45) is 0 Å². The van der Waals surface area contributed by atoms with Gasteiger partial charge in [-0.2, -0.15) is 0 Å². The van der Waals surface area contributed by atoms with E-state index in [1.807, 2.05) is 12.1 Å². The summed E-state index contributed by atoms with van der Waals surface area (Å²) in [6.45, 7) is 2.16. The molecule has 3 rings (SSSR count). The fourth-order valence-corrected chi connectivity index (χ4v) is 4.30. The molecule has 0 saturated carbocycles. The zero-order valence-corrected chi connectivity index (χ0v) is 12.7. The molecular weight excluding hydrogens is 284 g/mol. The third-order valence-corrected chi connectivity index (χ3v) is 5.63. The van der Waals surface area contributed by atoms with Crippen LogP contribution in [-0.4, -0.2) is 15.0 Å². The monoisotopic (exact) mass is 302 g/mol. The van der Waals surface area contributed by atoms with Gasteiger partial charge < -0.3 is 5.73 Å². The Labute approximate surface area is 125 Å². The minimum atomic E-state index is -3.57. The van der Waals surface area contributed by atoms with Crippen LogP contribution in [0, 0.1) is 6.92 Å². The van der Waals surface area contributed by atoms with Gasteiger partial charge in [-0.1, -0.05) is 36.4 Å². The molecule has 1 unspecified atom stereocenters. The molecule has 2 aromatic carbocycles. The highest BCUT2D eigenvalue weighted by molar-refractivity contribution is 7.89. The van der Waals surface area contributed by atoms with Gasteiger partial charge in [0.15, 0.2) is 0 Å². The van der Waals surface area contributed by atoms with E-state index in [2.05, 4.69) is 16.9 Å². The van der Waals surface area contributed by atoms with Crippen LogP contribution in [0.25, 0.3) is 0 Å². The molecule has 0 aliphatic heterocycles. The zero-order valence-electron chi connectivity index (χ0n) is 11.8. The summed E-state index contributed by atoms with van der Waals surface area (Å²) >= 11 is 0. The van der Waals surface area contributed by atoms with Gasteiger partial charge in [-0.05, 0) is 36.1 Å². The Morgan fingerprint density at radius 1 is 1.19 bits per heavy atom. The Hall–Kier alpha value is -1.85. The van der Waals surface area contributed by atoms with E-state index in [1.165, 1.54) is 11.1 Å². The van der Waals surface area contributed by atoms with Crippen molar-refractivity contribution in [1.29, 1.82) is 0 Å². The smallest absolute Gasteiger partial charge is 0.242 e. The number of aryl methyl sites for hydroxylation is 1. The summed E-state index contributed by atoms with van der Waals surface area (Å²) in [6.07, 6.45) is 0.919. The van der Waals surface area contributed by atoms with Crippen molar-refractivity contribution in [1.82, 2.24) is 4.72 Å². The Balaban J connectivity index is 1.77. The van der Waals surface area contributed by atoms with Crippen molar-refractivity contribution in [2.45, 2.75) is 24.2 Å². The van der Waals surface area contributed by atoms with E-state index in [-0.39, 0.29) is 16.5 Å². The van der Waals surface area contributed by atoms with Gasteiger partial charge in [-0.25, -0.2) is 13.1 Å². The Bertz CT molecular complexity index is 764. The maximum atomic E-state index is 12.4. The average Bonchev–Trinajstić information content (AvgIpc) is 2.39. The molecule has 0 bridgehead atoms. The molecule has 0 saturated heterocycles. The Kier molecular flexibility index (Phi) is 3.47. The predicted octanol–water partition coefficient (Wildman–Crippen LogP) is 2.20. The van der Waals surface area contributed by atoms with Crippen LogP contribution in [0.1, 0.15) is 22.6 Å². The summed E-state index contributed by atoms with van der Waals surface area (Å²) in [5.41, 5.74) is 9.31. The second kappa shape index (κ2) is 5.16. The fraction of sp³-hybridized carbons (Fsp3) is 0.250. The standard InChI is InChI=1S/C16H18N2O2S/c1-11-5-4-8-15(17)16(11)21(19,20)18-10-13-9-12-6-2-3-7-14(12)13/h2-8,13,18H,9-10,17H2,1H3. The van der Waals surface area contributed by atoms with Gasteiger partial charge in [0.25, 0.3) is 0 Å². The lowest BCUT2D eigenvalue weighted by Gasteiger charge is -2.30. The molecule has 0 amide bonds. The van der Waals surface area contributed by atoms with E-state index in [4.69, 9.17) is 5.73 Å². The minimum Gasteiger partial charge on any atom is -0.398 e. The summed E-state index contributed by atoms with van der Waals surface area (Å²) in [7, 11) is -3.57. The van der Waals surface area contributed by atoms with Gasteiger partial charge >= 0.3 is 0 Å². The van der Waals surface area contributed by atoms with Gasteiger partial charge in [0.1, 0.15) is 4.90 Å². The van der Waals surface area contributed by atoms with E-state index in [9.17, 15) is 8.42 Å². The van der Waals surface area contributed by atoms with Gasteiger partial charge in [-0.3, -0.25) is 0 Å². The van der Waals surface area contributed by atoms with E-state index in [0.29, 0.717) is 12.1 Å². The zero-order chi connectivity index (χ0) is 15.0. The van der Waals surface area contributed by atoms with Crippen LogP contribution in [0.4, 0.5) is 5.69 Å². The molecule has 110 valence electrons. The predicted molar refractivity (Wildman–Crippen MR) is 83.7 cm³/mol. The number of hydrogen-bond donors (Lipinski definition) is 2. The van der Waals surface area contributed by atoms with Crippen molar-refractivity contribution in [3.05, 3.63) is 59.2 Å². The lowest BCUT2D eigenvalue weighted by atomic mass is 9.78. The summed E-state index contributed by atoms with van der Waals surface area (Å²) in [5.74, 6) is 0.251. The molecular formula is C16H18N2O2S. The maximum absolute atomic E-state index is 12.4. The third kappa shape index (κ3) is 2.54. The minimum absolute atomic E-state index is 0.192. The first-order valence-corrected chi connectivity index (χ1v) is 8.40. The molecule has 1 atom stereocenters. The van der Waals surface area contributed by atoms with Gasteiger partial charge in [0.2, 0.25) is 10.0 Å². The molecule has 0 radical (unpaired) electrons. The normalized spacial score (nSPS) is 17.1. The first-order chi connectivity index (χ1) is 9.99. The molecule has 5 heteroatoms. The number of hydrogen-bond acceptors (Lipinski definition) is 3. The van der Waals surface area contributed by atoms with Gasteiger partial charge in [0.05, 0.1) is 5.69 Å². The molecule has 0 fully saturated rings. The lowest BCUT2D eigenvalue weighted by molar-refractivity contribution is 0.552. The van der Waals surface area contributed by atoms with Crippen LogP contribution >= 0.6 is 0 Å². The van der Waals surface area contributed by atoms with Crippen LogP contribution in [0.15, 0.2) is 47.4 Å². The molecule has 0 spiro atoms. The number of nitrogen functional groups attached to an aromatic ring is 1. The molecule has 1 aliphatic rings. The fourth-order valence-electron chi connectivity index (χ4n) is 2.87. The van der Waals surface area contributed by atoms with E-state index < -0.39 is 10.0 Å². The molecule has 3 N–H and O–H groups in total. The van der Waals surface area contributed by atoms with Crippen LogP contribution in [0.3, 0.4) is 0 Å². The topological polar surface area (TPSA) is 72.2 Å². The van der Waals surface area contributed by atoms with Gasteiger partial charge in [0, 0.05) is 12.5 Å². The summed E-state index contributed by atoms with van der Waals surface area (Å²) < 4.78 is 27.6. The largest absolute Gasteiger partial charge is 0.398 e. The summed E-state index contributed by atoms with van der Waals surface area (Å²) in [4.78, 5) is 0.192. The highest BCUT2D eigenvalue weighted by atomic mass is 32.2. The van der Waals surface area contributed by atoms with Crippen LogP contribution < -0.4 is 10.5 Å². The second-order valence-corrected chi connectivity index (χ2v) is 7.15.